The van der Waals surface area contributed by atoms with Gasteiger partial charge in [-0.2, -0.15) is 5.26 Å². The van der Waals surface area contributed by atoms with Crippen molar-refractivity contribution in [1.29, 1.82) is 5.26 Å². The van der Waals surface area contributed by atoms with Crippen LogP contribution >= 0.6 is 0 Å². The summed E-state index contributed by atoms with van der Waals surface area (Å²) >= 11 is 0. The van der Waals surface area contributed by atoms with Crippen molar-refractivity contribution in [1.82, 2.24) is 4.98 Å². The average Bonchev–Trinajstić information content (AvgIpc) is 2.14. The van der Waals surface area contributed by atoms with Crippen molar-refractivity contribution in [2.24, 2.45) is 0 Å². The SMILES string of the molecule is Cc1cc(C#N)cc(N(C)C2CCC2)n1. The molecule has 0 amide bonds. The summed E-state index contributed by atoms with van der Waals surface area (Å²) in [6, 6.07) is 6.47. The van der Waals surface area contributed by atoms with E-state index in [0.717, 1.165) is 11.5 Å². The van der Waals surface area contributed by atoms with Gasteiger partial charge < -0.3 is 4.90 Å². The minimum atomic E-state index is 0.617. The Balaban J connectivity index is 2.27. The van der Waals surface area contributed by atoms with Crippen LogP contribution in [0.25, 0.3) is 0 Å². The standard InChI is InChI=1S/C12H15N3/c1-9-6-10(8-13)7-12(14-9)15(2)11-4-3-5-11/h6-7,11H,3-5H2,1-2H3. The summed E-state index contributed by atoms with van der Waals surface area (Å²) in [4.78, 5) is 6.65. The van der Waals surface area contributed by atoms with E-state index < -0.39 is 0 Å². The first-order chi connectivity index (χ1) is 7.20. The highest BCUT2D eigenvalue weighted by Gasteiger charge is 2.23. The van der Waals surface area contributed by atoms with Gasteiger partial charge in [-0.25, -0.2) is 4.98 Å². The highest BCUT2D eigenvalue weighted by Crippen LogP contribution is 2.27. The maximum absolute atomic E-state index is 8.88. The highest BCUT2D eigenvalue weighted by atomic mass is 15.2. The molecule has 1 aliphatic rings. The van der Waals surface area contributed by atoms with Crippen LogP contribution in [0.3, 0.4) is 0 Å². The Hall–Kier alpha value is -1.56. The highest BCUT2D eigenvalue weighted by molar-refractivity contribution is 5.47. The monoisotopic (exact) mass is 201 g/mol. The van der Waals surface area contributed by atoms with Crippen LogP contribution in [0.1, 0.15) is 30.5 Å². The van der Waals surface area contributed by atoms with Gasteiger partial charge in [0.05, 0.1) is 11.6 Å². The van der Waals surface area contributed by atoms with E-state index in [-0.39, 0.29) is 0 Å². The predicted octanol–water partition coefficient (Wildman–Crippen LogP) is 2.25. The van der Waals surface area contributed by atoms with Crippen molar-refractivity contribution in [3.8, 4) is 6.07 Å². The Morgan fingerprint density at radius 1 is 1.47 bits per heavy atom. The van der Waals surface area contributed by atoms with Gasteiger partial charge in [-0.3, -0.25) is 0 Å². The Bertz CT molecular complexity index is 402. The molecule has 78 valence electrons. The molecule has 1 heterocycles. The molecule has 0 bridgehead atoms. The number of aryl methyl sites for hydroxylation is 1. The van der Waals surface area contributed by atoms with Crippen molar-refractivity contribution in [3.63, 3.8) is 0 Å². The third-order valence-electron chi connectivity index (χ3n) is 3.05. The molecule has 0 spiro atoms. The summed E-state index contributed by atoms with van der Waals surface area (Å²) in [5.41, 5.74) is 1.61. The van der Waals surface area contributed by atoms with E-state index in [1.165, 1.54) is 19.3 Å². The predicted molar refractivity (Wildman–Crippen MR) is 59.7 cm³/mol. The molecule has 2 rings (SSSR count). The summed E-state index contributed by atoms with van der Waals surface area (Å²) in [7, 11) is 2.06. The van der Waals surface area contributed by atoms with Crippen molar-refractivity contribution in [2.45, 2.75) is 32.2 Å². The van der Waals surface area contributed by atoms with E-state index in [1.807, 2.05) is 19.1 Å². The van der Waals surface area contributed by atoms with Gasteiger partial charge in [0.25, 0.3) is 0 Å². The lowest BCUT2D eigenvalue weighted by atomic mass is 9.92. The van der Waals surface area contributed by atoms with Gasteiger partial charge in [0.2, 0.25) is 0 Å². The maximum Gasteiger partial charge on any atom is 0.130 e. The van der Waals surface area contributed by atoms with Gasteiger partial charge in [0, 0.05) is 18.8 Å². The smallest absolute Gasteiger partial charge is 0.130 e. The lowest BCUT2D eigenvalue weighted by Crippen LogP contribution is -2.37. The van der Waals surface area contributed by atoms with Gasteiger partial charge >= 0.3 is 0 Å². The van der Waals surface area contributed by atoms with Gasteiger partial charge in [-0.1, -0.05) is 0 Å². The number of hydrogen-bond acceptors (Lipinski definition) is 3. The Labute approximate surface area is 90.4 Å². The number of hydrogen-bond donors (Lipinski definition) is 0. The molecule has 1 aromatic rings. The summed E-state index contributed by atoms with van der Waals surface area (Å²) in [6.07, 6.45) is 3.80. The Kier molecular flexibility index (Phi) is 2.59. The Morgan fingerprint density at radius 3 is 2.73 bits per heavy atom. The maximum atomic E-state index is 8.88. The summed E-state index contributed by atoms with van der Waals surface area (Å²) in [5, 5.41) is 8.88. The number of nitrogens with zero attached hydrogens (tertiary/aromatic N) is 3. The molecule has 0 aromatic carbocycles. The summed E-state index contributed by atoms with van der Waals surface area (Å²) in [5.74, 6) is 0.927. The number of pyridine rings is 1. The number of aromatic nitrogens is 1. The van der Waals surface area contributed by atoms with E-state index in [2.05, 4.69) is 23.0 Å². The quantitative estimate of drug-likeness (QED) is 0.736. The second-order valence-corrected chi connectivity index (χ2v) is 4.16. The molecular formula is C12H15N3. The molecule has 3 heteroatoms. The molecule has 0 N–H and O–H groups in total. The van der Waals surface area contributed by atoms with E-state index in [0.29, 0.717) is 11.6 Å². The summed E-state index contributed by atoms with van der Waals surface area (Å²) < 4.78 is 0. The van der Waals surface area contributed by atoms with Crippen LogP contribution < -0.4 is 4.90 Å². The van der Waals surface area contributed by atoms with Crippen LogP contribution in [0.15, 0.2) is 12.1 Å². The van der Waals surface area contributed by atoms with Gasteiger partial charge in [-0.05, 0) is 38.3 Å². The molecule has 1 aliphatic carbocycles. The summed E-state index contributed by atoms with van der Waals surface area (Å²) in [6.45, 7) is 1.93. The number of nitriles is 1. The zero-order chi connectivity index (χ0) is 10.8. The first kappa shape index (κ1) is 9.97. The molecule has 1 fully saturated rings. The van der Waals surface area contributed by atoms with Crippen LogP contribution in [-0.2, 0) is 0 Å². The number of anilines is 1. The number of rotatable bonds is 2. The van der Waals surface area contributed by atoms with Gasteiger partial charge in [0.15, 0.2) is 0 Å². The molecule has 1 saturated carbocycles. The van der Waals surface area contributed by atoms with Crippen molar-refractivity contribution in [2.75, 3.05) is 11.9 Å². The van der Waals surface area contributed by atoms with Crippen molar-refractivity contribution < 1.29 is 0 Å². The molecule has 0 atom stereocenters. The van der Waals surface area contributed by atoms with E-state index in [9.17, 15) is 0 Å². The fourth-order valence-electron chi connectivity index (χ4n) is 1.86. The Morgan fingerprint density at radius 2 is 2.20 bits per heavy atom. The fourth-order valence-corrected chi connectivity index (χ4v) is 1.86. The molecule has 3 nitrogen and oxygen atoms in total. The van der Waals surface area contributed by atoms with Crippen LogP contribution in [0, 0.1) is 18.3 Å². The van der Waals surface area contributed by atoms with Crippen LogP contribution in [0.4, 0.5) is 5.82 Å². The molecule has 0 unspecified atom stereocenters. The minimum Gasteiger partial charge on any atom is -0.357 e. The van der Waals surface area contributed by atoms with Gasteiger partial charge in [-0.15, -0.1) is 0 Å². The molecular weight excluding hydrogens is 186 g/mol. The minimum absolute atomic E-state index is 0.617. The topological polar surface area (TPSA) is 39.9 Å². The lowest BCUT2D eigenvalue weighted by Gasteiger charge is -2.35. The average molecular weight is 201 g/mol. The molecule has 0 aliphatic heterocycles. The van der Waals surface area contributed by atoms with E-state index in [1.54, 1.807) is 0 Å². The van der Waals surface area contributed by atoms with Crippen LogP contribution in [0.5, 0.6) is 0 Å². The van der Waals surface area contributed by atoms with E-state index in [4.69, 9.17) is 5.26 Å². The van der Waals surface area contributed by atoms with Gasteiger partial charge in [0.1, 0.15) is 5.82 Å². The fraction of sp³-hybridized carbons (Fsp3) is 0.500. The van der Waals surface area contributed by atoms with E-state index >= 15 is 0 Å². The first-order valence-electron chi connectivity index (χ1n) is 5.32. The lowest BCUT2D eigenvalue weighted by molar-refractivity contribution is 0.399. The third-order valence-corrected chi connectivity index (χ3v) is 3.05. The zero-order valence-corrected chi connectivity index (χ0v) is 9.20. The van der Waals surface area contributed by atoms with Crippen molar-refractivity contribution >= 4 is 5.82 Å². The molecule has 1 aromatic heterocycles. The normalized spacial score (nSPS) is 15.5. The largest absolute Gasteiger partial charge is 0.357 e. The molecule has 0 saturated heterocycles. The zero-order valence-electron chi connectivity index (χ0n) is 9.20. The molecule has 15 heavy (non-hydrogen) atoms. The third kappa shape index (κ3) is 1.94. The van der Waals surface area contributed by atoms with Crippen molar-refractivity contribution in [3.05, 3.63) is 23.4 Å². The second kappa shape index (κ2) is 3.90. The van der Waals surface area contributed by atoms with Crippen LogP contribution in [-0.4, -0.2) is 18.1 Å². The van der Waals surface area contributed by atoms with Crippen LogP contribution in [0.2, 0.25) is 0 Å². The first-order valence-corrected chi connectivity index (χ1v) is 5.32. The second-order valence-electron chi connectivity index (χ2n) is 4.16. The molecule has 0 radical (unpaired) electrons.